The average molecular weight is 406 g/mol. The summed E-state index contributed by atoms with van der Waals surface area (Å²) in [5.74, 6) is 0.579. The molecule has 1 aromatic rings. The van der Waals surface area contributed by atoms with Crippen molar-refractivity contribution in [3.63, 3.8) is 0 Å². The van der Waals surface area contributed by atoms with Crippen LogP contribution < -0.4 is 0 Å². The van der Waals surface area contributed by atoms with Gasteiger partial charge in [0.25, 0.3) is 5.91 Å². The lowest BCUT2D eigenvalue weighted by molar-refractivity contribution is -0.150. The van der Waals surface area contributed by atoms with Gasteiger partial charge < -0.3 is 9.64 Å². The highest BCUT2D eigenvalue weighted by Crippen LogP contribution is 2.29. The van der Waals surface area contributed by atoms with Crippen molar-refractivity contribution in [1.29, 1.82) is 0 Å². The number of ether oxygens (including phenoxy) is 1. The summed E-state index contributed by atoms with van der Waals surface area (Å²) in [5, 5.41) is 7.76. The number of amides is 1. The summed E-state index contributed by atoms with van der Waals surface area (Å²) < 4.78 is 6.04. The highest BCUT2D eigenvalue weighted by molar-refractivity contribution is 5.85. The van der Waals surface area contributed by atoms with Crippen molar-refractivity contribution in [2.75, 3.05) is 6.54 Å². The Morgan fingerprint density at radius 3 is 2.93 bits per heavy atom. The molecule has 0 spiro atoms. The van der Waals surface area contributed by atoms with E-state index in [1.54, 1.807) is 12.2 Å². The SMILES string of the molecule is C=C/C=C(\C=C/C)OC(C)(C)C(=O)N1CCc2[nH]nc(C3=C/CC/C=C/C=C\3)c2C1. The molecule has 5 nitrogen and oxygen atoms in total. The molecule has 0 radical (unpaired) electrons. The van der Waals surface area contributed by atoms with Crippen LogP contribution in [0, 0.1) is 0 Å². The number of aromatic amines is 1. The largest absolute Gasteiger partial charge is 0.478 e. The predicted octanol–water partition coefficient (Wildman–Crippen LogP) is 5.03. The molecule has 0 saturated heterocycles. The van der Waals surface area contributed by atoms with Crippen LogP contribution in [0.4, 0.5) is 0 Å². The normalized spacial score (nSPS) is 21.2. The van der Waals surface area contributed by atoms with Gasteiger partial charge in [-0.3, -0.25) is 9.89 Å². The Labute approximate surface area is 179 Å². The summed E-state index contributed by atoms with van der Waals surface area (Å²) in [6.45, 7) is 10.4. The zero-order chi connectivity index (χ0) is 21.6. The van der Waals surface area contributed by atoms with Crippen molar-refractivity contribution in [1.82, 2.24) is 15.1 Å². The Hall–Kier alpha value is -3.08. The van der Waals surface area contributed by atoms with Gasteiger partial charge in [0, 0.05) is 30.8 Å². The summed E-state index contributed by atoms with van der Waals surface area (Å²) in [7, 11) is 0. The first-order valence-electron chi connectivity index (χ1n) is 10.5. The van der Waals surface area contributed by atoms with Gasteiger partial charge in [0.05, 0.1) is 5.69 Å². The molecular weight excluding hydrogens is 374 g/mol. The fourth-order valence-electron chi connectivity index (χ4n) is 3.74. The molecule has 0 saturated carbocycles. The number of hydrogen-bond acceptors (Lipinski definition) is 3. The van der Waals surface area contributed by atoms with Gasteiger partial charge in [-0.2, -0.15) is 5.10 Å². The van der Waals surface area contributed by atoms with E-state index in [4.69, 9.17) is 4.74 Å². The third-order valence-electron chi connectivity index (χ3n) is 5.22. The van der Waals surface area contributed by atoms with E-state index >= 15 is 0 Å². The molecule has 1 amide bonds. The first-order valence-corrected chi connectivity index (χ1v) is 10.5. The number of allylic oxidation sites excluding steroid dienone is 10. The topological polar surface area (TPSA) is 58.2 Å². The van der Waals surface area contributed by atoms with Crippen molar-refractivity contribution in [2.24, 2.45) is 0 Å². The van der Waals surface area contributed by atoms with Crippen molar-refractivity contribution < 1.29 is 9.53 Å². The second-order valence-electron chi connectivity index (χ2n) is 7.95. The van der Waals surface area contributed by atoms with Crippen LogP contribution in [0.15, 0.2) is 67.0 Å². The standard InChI is InChI=1S/C25H31N3O2/c1-5-12-20(13-6-2)30-25(3,4)24(29)28-17-16-22-21(18-28)23(27-26-22)19-14-10-8-7-9-11-15-19/h5-8,10,12-15H,1,9,11,16-18H2,2-4H3,(H,26,27)/b8-7+,13-6-,14-10-,19-15+,20-12+. The van der Waals surface area contributed by atoms with Crippen molar-refractivity contribution in [3.05, 3.63) is 84.0 Å². The van der Waals surface area contributed by atoms with Crippen LogP contribution in [0.5, 0.6) is 0 Å². The lowest BCUT2D eigenvalue weighted by atomic mass is 9.97. The monoisotopic (exact) mass is 405 g/mol. The molecule has 1 aliphatic heterocycles. The highest BCUT2D eigenvalue weighted by atomic mass is 16.5. The molecule has 0 aromatic carbocycles. The maximum Gasteiger partial charge on any atom is 0.266 e. The lowest BCUT2D eigenvalue weighted by Crippen LogP contribution is -2.48. The molecule has 0 bridgehead atoms. The fraction of sp³-hybridized carbons (Fsp3) is 0.360. The van der Waals surface area contributed by atoms with Gasteiger partial charge in [-0.25, -0.2) is 0 Å². The quantitative estimate of drug-likeness (QED) is 0.534. The summed E-state index contributed by atoms with van der Waals surface area (Å²) in [6.07, 6.45) is 20.5. The number of carbonyl (C=O) groups is 1. The molecule has 2 aliphatic rings. The Kier molecular flexibility index (Phi) is 6.93. The first kappa shape index (κ1) is 21.6. The number of nitrogens with zero attached hydrogens (tertiary/aromatic N) is 2. The van der Waals surface area contributed by atoms with Gasteiger partial charge in [-0.1, -0.05) is 49.1 Å². The summed E-state index contributed by atoms with van der Waals surface area (Å²) in [4.78, 5) is 15.2. The third kappa shape index (κ3) is 4.90. The van der Waals surface area contributed by atoms with Crippen LogP contribution in [0.2, 0.25) is 0 Å². The van der Waals surface area contributed by atoms with E-state index in [0.29, 0.717) is 18.8 Å². The van der Waals surface area contributed by atoms with Gasteiger partial charge in [-0.15, -0.1) is 0 Å². The summed E-state index contributed by atoms with van der Waals surface area (Å²) >= 11 is 0. The molecule has 0 fully saturated rings. The molecule has 1 N–H and O–H groups in total. The van der Waals surface area contributed by atoms with E-state index < -0.39 is 5.60 Å². The van der Waals surface area contributed by atoms with Gasteiger partial charge >= 0.3 is 0 Å². The number of aromatic nitrogens is 2. The second kappa shape index (κ2) is 9.61. The van der Waals surface area contributed by atoms with Crippen LogP contribution >= 0.6 is 0 Å². The number of rotatable bonds is 6. The molecular formula is C25H31N3O2. The zero-order valence-electron chi connectivity index (χ0n) is 18.1. The van der Waals surface area contributed by atoms with E-state index in [9.17, 15) is 4.79 Å². The van der Waals surface area contributed by atoms with Crippen LogP contribution in [0.3, 0.4) is 0 Å². The maximum absolute atomic E-state index is 13.3. The Balaban J connectivity index is 1.81. The third-order valence-corrected chi connectivity index (χ3v) is 5.22. The van der Waals surface area contributed by atoms with E-state index in [0.717, 1.165) is 41.8 Å². The first-order chi connectivity index (χ1) is 14.5. The summed E-state index contributed by atoms with van der Waals surface area (Å²) in [5.41, 5.74) is 3.27. The minimum atomic E-state index is -0.986. The lowest BCUT2D eigenvalue weighted by Gasteiger charge is -2.34. The minimum Gasteiger partial charge on any atom is -0.478 e. The molecule has 3 rings (SSSR count). The number of H-pyrrole nitrogens is 1. The van der Waals surface area contributed by atoms with Crippen LogP contribution in [0.1, 0.15) is 50.6 Å². The van der Waals surface area contributed by atoms with Gasteiger partial charge in [0.15, 0.2) is 5.60 Å². The fourth-order valence-corrected chi connectivity index (χ4v) is 3.74. The van der Waals surface area contributed by atoms with Gasteiger partial charge in [0.1, 0.15) is 5.76 Å². The number of fused-ring (bicyclic) bond motifs is 1. The average Bonchev–Trinajstić information content (AvgIpc) is 3.10. The van der Waals surface area contributed by atoms with E-state index in [1.165, 1.54) is 0 Å². The molecule has 1 aromatic heterocycles. The highest BCUT2D eigenvalue weighted by Gasteiger charge is 2.37. The molecule has 0 atom stereocenters. The van der Waals surface area contributed by atoms with Crippen LogP contribution in [-0.2, 0) is 22.5 Å². The Morgan fingerprint density at radius 1 is 1.33 bits per heavy atom. The Morgan fingerprint density at radius 2 is 2.17 bits per heavy atom. The van der Waals surface area contributed by atoms with Gasteiger partial charge in [0.2, 0.25) is 0 Å². The minimum absolute atomic E-state index is 0.0371. The maximum atomic E-state index is 13.3. The molecule has 158 valence electrons. The molecule has 1 aliphatic carbocycles. The van der Waals surface area contributed by atoms with E-state index in [-0.39, 0.29) is 5.91 Å². The molecule has 0 unspecified atom stereocenters. The molecule has 30 heavy (non-hydrogen) atoms. The van der Waals surface area contributed by atoms with Crippen molar-refractivity contribution >= 4 is 11.5 Å². The Bertz CT molecular complexity index is 942. The van der Waals surface area contributed by atoms with Crippen LogP contribution in [0.25, 0.3) is 5.57 Å². The molecule has 5 heteroatoms. The van der Waals surface area contributed by atoms with Crippen LogP contribution in [-0.4, -0.2) is 33.2 Å². The number of hydrogen-bond donors (Lipinski definition) is 1. The molecule has 2 heterocycles. The zero-order valence-corrected chi connectivity index (χ0v) is 18.1. The summed E-state index contributed by atoms with van der Waals surface area (Å²) in [6, 6.07) is 0. The van der Waals surface area contributed by atoms with E-state index in [1.807, 2.05) is 43.9 Å². The van der Waals surface area contributed by atoms with Crippen molar-refractivity contribution in [3.8, 4) is 0 Å². The number of carbonyl (C=O) groups excluding carboxylic acids is 1. The smallest absolute Gasteiger partial charge is 0.266 e. The van der Waals surface area contributed by atoms with Gasteiger partial charge in [-0.05, 0) is 51.3 Å². The number of nitrogens with one attached hydrogen (secondary N) is 1. The van der Waals surface area contributed by atoms with E-state index in [2.05, 4.69) is 41.1 Å². The predicted molar refractivity (Wildman–Crippen MR) is 121 cm³/mol. The second-order valence-corrected chi connectivity index (χ2v) is 7.95. The van der Waals surface area contributed by atoms with Crippen molar-refractivity contribution in [2.45, 2.75) is 52.2 Å².